The second-order valence-corrected chi connectivity index (χ2v) is 7.65. The molecule has 3 nitrogen and oxygen atoms in total. The second-order valence-electron chi connectivity index (χ2n) is 6.59. The quantitative estimate of drug-likeness (QED) is 0.694. The Morgan fingerprint density at radius 2 is 1.90 bits per heavy atom. The summed E-state index contributed by atoms with van der Waals surface area (Å²) in [5.74, 6) is 1.45. The number of nitrogens with one attached hydrogen (secondary N) is 1. The molecule has 1 aliphatic rings. The first-order chi connectivity index (χ1) is 10.2. The van der Waals surface area contributed by atoms with E-state index in [4.69, 9.17) is 4.98 Å². The first kappa shape index (κ1) is 16.8. The van der Waals surface area contributed by atoms with Crippen molar-refractivity contribution < 1.29 is 0 Å². The van der Waals surface area contributed by atoms with E-state index >= 15 is 0 Å². The Balaban J connectivity index is 2.07. The third-order valence-corrected chi connectivity index (χ3v) is 4.91. The molecule has 0 aliphatic heterocycles. The van der Waals surface area contributed by atoms with E-state index in [0.29, 0.717) is 5.92 Å². The Morgan fingerprint density at radius 3 is 2.43 bits per heavy atom. The first-order valence-electron chi connectivity index (χ1n) is 8.60. The lowest BCUT2D eigenvalue weighted by atomic mass is 10.2. The fraction of sp³-hybridized carbons (Fsp3) is 0.824. The van der Waals surface area contributed by atoms with Gasteiger partial charge in [0.2, 0.25) is 0 Å². The van der Waals surface area contributed by atoms with Crippen LogP contribution in [0.1, 0.15) is 69.9 Å². The molecule has 0 radical (unpaired) electrons. The van der Waals surface area contributed by atoms with E-state index in [9.17, 15) is 0 Å². The summed E-state index contributed by atoms with van der Waals surface area (Å²) in [6.45, 7) is 13.4. The van der Waals surface area contributed by atoms with Crippen LogP contribution in [0.15, 0.2) is 0 Å². The van der Waals surface area contributed by atoms with Crippen molar-refractivity contribution in [1.29, 1.82) is 0 Å². The predicted octanol–water partition coefficient (Wildman–Crippen LogP) is 4.39. The van der Waals surface area contributed by atoms with Crippen molar-refractivity contribution in [3.8, 4) is 0 Å². The van der Waals surface area contributed by atoms with E-state index in [1.807, 2.05) is 11.3 Å². The number of nitrogens with zero attached hydrogens (tertiary/aromatic N) is 2. The first-order valence-corrected chi connectivity index (χ1v) is 9.42. The van der Waals surface area contributed by atoms with E-state index in [2.05, 4.69) is 37.9 Å². The minimum Gasteiger partial charge on any atom is -0.348 e. The van der Waals surface area contributed by atoms with E-state index in [0.717, 1.165) is 32.1 Å². The van der Waals surface area contributed by atoms with Crippen LogP contribution in [0.25, 0.3) is 0 Å². The highest BCUT2D eigenvalue weighted by atomic mass is 32.1. The van der Waals surface area contributed by atoms with Gasteiger partial charge in [0.15, 0.2) is 5.13 Å². The van der Waals surface area contributed by atoms with E-state index in [-0.39, 0.29) is 0 Å². The lowest BCUT2D eigenvalue weighted by Gasteiger charge is -2.20. The zero-order chi connectivity index (χ0) is 15.2. The fourth-order valence-corrected chi connectivity index (χ4v) is 3.77. The van der Waals surface area contributed by atoms with Crippen LogP contribution in [0.3, 0.4) is 0 Å². The zero-order valence-corrected chi connectivity index (χ0v) is 14.9. The van der Waals surface area contributed by atoms with E-state index in [1.165, 1.54) is 41.4 Å². The van der Waals surface area contributed by atoms with Gasteiger partial charge in [-0.2, -0.15) is 0 Å². The van der Waals surface area contributed by atoms with Gasteiger partial charge in [0.05, 0.1) is 5.69 Å². The summed E-state index contributed by atoms with van der Waals surface area (Å²) in [5, 5.41) is 4.84. The predicted molar refractivity (Wildman–Crippen MR) is 93.4 cm³/mol. The maximum atomic E-state index is 5.01. The summed E-state index contributed by atoms with van der Waals surface area (Å²) in [7, 11) is 0. The fourth-order valence-electron chi connectivity index (χ4n) is 2.61. The third kappa shape index (κ3) is 4.96. The smallest absolute Gasteiger partial charge is 0.185 e. The van der Waals surface area contributed by atoms with Crippen LogP contribution < -0.4 is 10.2 Å². The van der Waals surface area contributed by atoms with Crippen molar-refractivity contribution in [2.45, 2.75) is 65.8 Å². The molecule has 0 atom stereocenters. The van der Waals surface area contributed by atoms with Crippen molar-refractivity contribution in [2.75, 3.05) is 24.5 Å². The average molecular weight is 310 g/mol. The van der Waals surface area contributed by atoms with Crippen LogP contribution in [-0.4, -0.2) is 24.6 Å². The number of hydrogen-bond donors (Lipinski definition) is 1. The Kier molecular flexibility index (Phi) is 6.49. The summed E-state index contributed by atoms with van der Waals surface area (Å²) >= 11 is 1.92. The Bertz CT molecular complexity index is 418. The SMILES string of the molecule is CCCN(CCC)c1nc(C2CC2)c(CNCC(C)C)s1. The largest absolute Gasteiger partial charge is 0.348 e. The molecule has 0 spiro atoms. The summed E-state index contributed by atoms with van der Waals surface area (Å²) in [4.78, 5) is 8.96. The average Bonchev–Trinajstić information content (AvgIpc) is 3.19. The summed E-state index contributed by atoms with van der Waals surface area (Å²) in [6, 6.07) is 0. The van der Waals surface area contributed by atoms with Gasteiger partial charge in [0.25, 0.3) is 0 Å². The van der Waals surface area contributed by atoms with Gasteiger partial charge in [-0.3, -0.25) is 0 Å². The molecule has 21 heavy (non-hydrogen) atoms. The minimum absolute atomic E-state index is 0.707. The topological polar surface area (TPSA) is 28.2 Å². The maximum absolute atomic E-state index is 5.01. The van der Waals surface area contributed by atoms with Gasteiger partial charge < -0.3 is 10.2 Å². The molecular formula is C17H31N3S. The number of rotatable bonds is 10. The normalized spacial score (nSPS) is 14.9. The minimum atomic E-state index is 0.707. The van der Waals surface area contributed by atoms with Gasteiger partial charge in [-0.05, 0) is 38.1 Å². The zero-order valence-electron chi connectivity index (χ0n) is 14.1. The molecule has 2 rings (SSSR count). The standard InChI is InChI=1S/C17H31N3S/c1-5-9-20(10-6-2)17-19-16(14-7-8-14)15(21-17)12-18-11-13(3)4/h13-14,18H,5-12H2,1-4H3. The molecule has 1 aromatic heterocycles. The molecule has 0 bridgehead atoms. The van der Waals surface area contributed by atoms with Gasteiger partial charge in [-0.15, -0.1) is 11.3 Å². The summed E-state index contributed by atoms with van der Waals surface area (Å²) in [6.07, 6.45) is 5.06. The molecule has 1 fully saturated rings. The Labute approximate surface area is 134 Å². The maximum Gasteiger partial charge on any atom is 0.185 e. The van der Waals surface area contributed by atoms with Crippen molar-refractivity contribution >= 4 is 16.5 Å². The van der Waals surface area contributed by atoms with Crippen molar-refractivity contribution in [1.82, 2.24) is 10.3 Å². The molecule has 0 aromatic carbocycles. The lowest BCUT2D eigenvalue weighted by Crippen LogP contribution is -2.24. The van der Waals surface area contributed by atoms with Gasteiger partial charge >= 0.3 is 0 Å². The van der Waals surface area contributed by atoms with Gasteiger partial charge in [-0.1, -0.05) is 27.7 Å². The van der Waals surface area contributed by atoms with Gasteiger partial charge in [-0.25, -0.2) is 4.98 Å². The van der Waals surface area contributed by atoms with Crippen molar-refractivity contribution in [2.24, 2.45) is 5.92 Å². The number of anilines is 1. The molecule has 1 heterocycles. The van der Waals surface area contributed by atoms with E-state index < -0.39 is 0 Å². The molecule has 4 heteroatoms. The van der Waals surface area contributed by atoms with Crippen molar-refractivity contribution in [3.05, 3.63) is 10.6 Å². The molecule has 1 saturated carbocycles. The number of thiazole rings is 1. The van der Waals surface area contributed by atoms with Gasteiger partial charge in [0, 0.05) is 30.4 Å². The van der Waals surface area contributed by atoms with E-state index in [1.54, 1.807) is 0 Å². The molecule has 120 valence electrons. The second kappa shape index (κ2) is 8.14. The van der Waals surface area contributed by atoms with Crippen LogP contribution in [0, 0.1) is 5.92 Å². The van der Waals surface area contributed by atoms with Crippen LogP contribution in [0.5, 0.6) is 0 Å². The monoisotopic (exact) mass is 309 g/mol. The van der Waals surface area contributed by atoms with Gasteiger partial charge in [0.1, 0.15) is 0 Å². The number of aromatic nitrogens is 1. The number of hydrogen-bond acceptors (Lipinski definition) is 4. The third-order valence-electron chi connectivity index (χ3n) is 3.78. The van der Waals surface area contributed by atoms with Crippen LogP contribution in [0.2, 0.25) is 0 Å². The van der Waals surface area contributed by atoms with Crippen molar-refractivity contribution in [3.63, 3.8) is 0 Å². The summed E-state index contributed by atoms with van der Waals surface area (Å²) < 4.78 is 0. The Hall–Kier alpha value is -0.610. The summed E-state index contributed by atoms with van der Waals surface area (Å²) in [5.41, 5.74) is 1.39. The highest BCUT2D eigenvalue weighted by molar-refractivity contribution is 7.15. The molecule has 0 unspecified atom stereocenters. The van der Waals surface area contributed by atoms with Crippen LogP contribution in [-0.2, 0) is 6.54 Å². The molecule has 0 saturated heterocycles. The molecular weight excluding hydrogens is 278 g/mol. The Morgan fingerprint density at radius 1 is 1.24 bits per heavy atom. The molecule has 1 aliphatic carbocycles. The molecule has 1 N–H and O–H groups in total. The lowest BCUT2D eigenvalue weighted by molar-refractivity contribution is 0.553. The van der Waals surface area contributed by atoms with Crippen LogP contribution in [0.4, 0.5) is 5.13 Å². The highest BCUT2D eigenvalue weighted by Gasteiger charge is 2.30. The molecule has 1 aromatic rings. The van der Waals surface area contributed by atoms with Crippen LogP contribution >= 0.6 is 11.3 Å². The molecule has 0 amide bonds. The highest BCUT2D eigenvalue weighted by Crippen LogP contribution is 2.44.